The van der Waals surface area contributed by atoms with Crippen molar-refractivity contribution in [2.75, 3.05) is 19.7 Å². The largest absolute Gasteiger partial charge is 0.465 e. The van der Waals surface area contributed by atoms with Crippen molar-refractivity contribution in [3.05, 3.63) is 11.9 Å². The summed E-state index contributed by atoms with van der Waals surface area (Å²) in [6.07, 6.45) is 1.23. The van der Waals surface area contributed by atoms with Gasteiger partial charge in [0.15, 0.2) is 0 Å². The number of nitrogens with one attached hydrogen (secondary N) is 1. The number of carbonyl (C=O) groups excluding carboxylic acids is 1. The predicted molar refractivity (Wildman–Crippen MR) is 64.4 cm³/mol. The molecule has 0 aromatic carbocycles. The fourth-order valence-electron chi connectivity index (χ4n) is 1.46. The molecule has 102 valence electrons. The normalized spacial score (nSPS) is 11.8. The van der Waals surface area contributed by atoms with Gasteiger partial charge in [-0.3, -0.25) is 9.89 Å². The smallest absolute Gasteiger partial charge is 0.321 e. The molecule has 0 aliphatic carbocycles. The molecule has 18 heavy (non-hydrogen) atoms. The molecule has 8 heteroatoms. The van der Waals surface area contributed by atoms with Crippen LogP contribution in [0.25, 0.3) is 0 Å². The van der Waals surface area contributed by atoms with Gasteiger partial charge in [0.1, 0.15) is 11.4 Å². The molecule has 0 saturated heterocycles. The molecule has 1 heterocycles. The molecule has 0 saturated carbocycles. The number of aromatic amines is 1. The number of hydrogen-bond acceptors (Lipinski definition) is 5. The topological polar surface area (TPSA) is 92.4 Å². The Balaban J connectivity index is 2.95. The van der Waals surface area contributed by atoms with Crippen molar-refractivity contribution in [2.45, 2.75) is 25.7 Å². The molecule has 0 radical (unpaired) electrons. The molecule has 1 N–H and O–H groups in total. The number of H-pyrrole nitrogens is 1. The van der Waals surface area contributed by atoms with Crippen LogP contribution >= 0.6 is 0 Å². The first-order valence-electron chi connectivity index (χ1n) is 5.59. The monoisotopic (exact) mass is 275 g/mol. The van der Waals surface area contributed by atoms with E-state index in [2.05, 4.69) is 10.2 Å². The summed E-state index contributed by atoms with van der Waals surface area (Å²) in [6.45, 7) is 5.05. The Morgan fingerprint density at radius 1 is 1.50 bits per heavy atom. The highest BCUT2D eigenvalue weighted by atomic mass is 32.2. The summed E-state index contributed by atoms with van der Waals surface area (Å²) in [5, 5.41) is 6.23. The fraction of sp³-hybridized carbons (Fsp3) is 0.600. The maximum Gasteiger partial charge on any atom is 0.321 e. The highest BCUT2D eigenvalue weighted by Crippen LogP contribution is 2.17. The molecule has 1 rings (SSSR count). The average Bonchev–Trinajstić information content (AvgIpc) is 2.73. The van der Waals surface area contributed by atoms with Gasteiger partial charge < -0.3 is 4.74 Å². The number of aromatic nitrogens is 2. The van der Waals surface area contributed by atoms with Crippen molar-refractivity contribution in [3.8, 4) is 0 Å². The zero-order chi connectivity index (χ0) is 13.8. The predicted octanol–water partition coefficient (Wildman–Crippen LogP) is 0.292. The van der Waals surface area contributed by atoms with Crippen LogP contribution in [0, 0.1) is 6.92 Å². The van der Waals surface area contributed by atoms with E-state index in [4.69, 9.17) is 4.74 Å². The van der Waals surface area contributed by atoms with Crippen molar-refractivity contribution < 1.29 is 17.9 Å². The number of sulfonamides is 1. The van der Waals surface area contributed by atoms with E-state index in [9.17, 15) is 13.2 Å². The highest BCUT2D eigenvalue weighted by molar-refractivity contribution is 7.89. The van der Waals surface area contributed by atoms with Crippen molar-refractivity contribution in [3.63, 3.8) is 0 Å². The Hall–Kier alpha value is -1.41. The third kappa shape index (κ3) is 3.08. The first kappa shape index (κ1) is 14.7. The van der Waals surface area contributed by atoms with Crippen LogP contribution in [-0.4, -0.2) is 48.6 Å². The molecule has 0 amide bonds. The van der Waals surface area contributed by atoms with E-state index in [1.54, 1.807) is 20.8 Å². The van der Waals surface area contributed by atoms with Crippen LogP contribution in [0.3, 0.4) is 0 Å². The zero-order valence-corrected chi connectivity index (χ0v) is 11.5. The Kier molecular flexibility index (Phi) is 4.85. The molecule has 0 fully saturated rings. The molecule has 0 spiro atoms. The summed E-state index contributed by atoms with van der Waals surface area (Å²) in [7, 11) is -3.71. The van der Waals surface area contributed by atoms with Gasteiger partial charge in [0.05, 0.1) is 18.5 Å². The Morgan fingerprint density at radius 2 is 2.17 bits per heavy atom. The number of aryl methyl sites for hydroxylation is 1. The lowest BCUT2D eigenvalue weighted by molar-refractivity contribution is -0.143. The van der Waals surface area contributed by atoms with Crippen LogP contribution in [0.4, 0.5) is 0 Å². The Bertz CT molecular complexity index is 509. The number of ether oxygens (including phenoxy) is 1. The maximum absolute atomic E-state index is 12.2. The van der Waals surface area contributed by atoms with Crippen LogP contribution in [-0.2, 0) is 19.6 Å². The Morgan fingerprint density at radius 3 is 2.61 bits per heavy atom. The van der Waals surface area contributed by atoms with E-state index >= 15 is 0 Å². The van der Waals surface area contributed by atoms with Gasteiger partial charge in [0.2, 0.25) is 10.0 Å². The second kappa shape index (κ2) is 5.96. The van der Waals surface area contributed by atoms with Crippen molar-refractivity contribution in [1.29, 1.82) is 0 Å². The van der Waals surface area contributed by atoms with E-state index in [1.807, 2.05) is 0 Å². The van der Waals surface area contributed by atoms with Gasteiger partial charge in [-0.2, -0.15) is 9.40 Å². The number of rotatable bonds is 6. The summed E-state index contributed by atoms with van der Waals surface area (Å²) in [5.74, 6) is -0.566. The SMILES string of the molecule is CCOC(=O)CN(CC)S(=O)(=O)c1cn[nH]c1C. The molecule has 0 aliphatic rings. The average molecular weight is 275 g/mol. The van der Waals surface area contributed by atoms with Gasteiger partial charge in [-0.25, -0.2) is 8.42 Å². The number of nitrogens with zero attached hydrogens (tertiary/aromatic N) is 2. The summed E-state index contributed by atoms with van der Waals surface area (Å²) >= 11 is 0. The van der Waals surface area contributed by atoms with Crippen LogP contribution in [0.2, 0.25) is 0 Å². The third-order valence-electron chi connectivity index (χ3n) is 2.36. The second-order valence-corrected chi connectivity index (χ2v) is 5.50. The third-order valence-corrected chi connectivity index (χ3v) is 4.40. The van der Waals surface area contributed by atoms with E-state index in [0.29, 0.717) is 5.69 Å². The fourth-order valence-corrected chi connectivity index (χ4v) is 2.97. The lowest BCUT2D eigenvalue weighted by Crippen LogP contribution is -2.36. The van der Waals surface area contributed by atoms with Crippen LogP contribution in [0.1, 0.15) is 19.5 Å². The standard InChI is InChI=1S/C10H17N3O4S/c1-4-13(7-10(14)17-5-2)18(15,16)9-6-11-12-8(9)3/h6H,4-5,7H2,1-3H3,(H,11,12). The molecular weight excluding hydrogens is 258 g/mol. The molecule has 0 bridgehead atoms. The van der Waals surface area contributed by atoms with Crippen molar-refractivity contribution in [2.24, 2.45) is 0 Å². The number of hydrogen-bond donors (Lipinski definition) is 1. The molecule has 1 aromatic rings. The van der Waals surface area contributed by atoms with E-state index in [1.165, 1.54) is 6.20 Å². The van der Waals surface area contributed by atoms with Crippen LogP contribution in [0.15, 0.2) is 11.1 Å². The van der Waals surface area contributed by atoms with Gasteiger partial charge in [-0.15, -0.1) is 0 Å². The number of carbonyl (C=O) groups is 1. The summed E-state index contributed by atoms with van der Waals surface area (Å²) in [5.41, 5.74) is 0.442. The van der Waals surface area contributed by atoms with Crippen molar-refractivity contribution >= 4 is 16.0 Å². The van der Waals surface area contributed by atoms with Crippen molar-refractivity contribution in [1.82, 2.24) is 14.5 Å². The quantitative estimate of drug-likeness (QED) is 0.753. The van der Waals surface area contributed by atoms with Crippen LogP contribution in [0.5, 0.6) is 0 Å². The minimum absolute atomic E-state index is 0.0775. The minimum Gasteiger partial charge on any atom is -0.465 e. The van der Waals surface area contributed by atoms with E-state index < -0.39 is 16.0 Å². The molecule has 0 atom stereocenters. The van der Waals surface area contributed by atoms with E-state index in [-0.39, 0.29) is 24.6 Å². The number of esters is 1. The molecular formula is C10H17N3O4S. The molecule has 1 aromatic heterocycles. The lowest BCUT2D eigenvalue weighted by atomic mass is 10.5. The second-order valence-electron chi connectivity index (χ2n) is 3.60. The lowest BCUT2D eigenvalue weighted by Gasteiger charge is -2.18. The first-order chi connectivity index (χ1) is 8.43. The highest BCUT2D eigenvalue weighted by Gasteiger charge is 2.28. The summed E-state index contributed by atoms with van der Waals surface area (Å²) < 4.78 is 30.3. The van der Waals surface area contributed by atoms with Gasteiger partial charge in [0, 0.05) is 6.54 Å². The molecule has 0 aliphatic heterocycles. The number of likely N-dealkylation sites (N-methyl/N-ethyl adjacent to an activating group) is 1. The zero-order valence-electron chi connectivity index (χ0n) is 10.6. The summed E-state index contributed by atoms with van der Waals surface area (Å²) in [4.78, 5) is 11.4. The van der Waals surface area contributed by atoms with E-state index in [0.717, 1.165) is 4.31 Å². The van der Waals surface area contributed by atoms with Gasteiger partial charge >= 0.3 is 5.97 Å². The Labute approximate surface area is 106 Å². The minimum atomic E-state index is -3.71. The van der Waals surface area contributed by atoms with Gasteiger partial charge in [-0.05, 0) is 13.8 Å². The van der Waals surface area contributed by atoms with Crippen LogP contribution < -0.4 is 0 Å². The molecule has 0 unspecified atom stereocenters. The first-order valence-corrected chi connectivity index (χ1v) is 7.03. The van der Waals surface area contributed by atoms with Gasteiger partial charge in [-0.1, -0.05) is 6.92 Å². The van der Waals surface area contributed by atoms with Gasteiger partial charge in [0.25, 0.3) is 0 Å². The summed E-state index contributed by atoms with van der Waals surface area (Å²) in [6, 6.07) is 0. The molecule has 7 nitrogen and oxygen atoms in total. The maximum atomic E-state index is 12.2.